The van der Waals surface area contributed by atoms with Gasteiger partial charge < -0.3 is 29.6 Å². The van der Waals surface area contributed by atoms with E-state index in [-0.39, 0.29) is 0 Å². The van der Waals surface area contributed by atoms with Crippen LogP contribution in [0.5, 0.6) is 17.2 Å². The molecule has 1 atom stereocenters. The highest BCUT2D eigenvalue weighted by Crippen LogP contribution is 2.42. The first kappa shape index (κ1) is 21.7. The number of halogens is 1. The third-order valence-electron chi connectivity index (χ3n) is 4.63. The van der Waals surface area contributed by atoms with Gasteiger partial charge in [-0.2, -0.15) is 0 Å². The molecular weight excluding hydrogens is 428 g/mol. The Morgan fingerprint density at radius 1 is 1.00 bits per heavy atom. The van der Waals surface area contributed by atoms with Crippen molar-refractivity contribution >= 4 is 40.6 Å². The van der Waals surface area contributed by atoms with Crippen molar-refractivity contribution in [3.8, 4) is 17.2 Å². The molecule has 7 nitrogen and oxygen atoms in total. The molecule has 9 heteroatoms. The van der Waals surface area contributed by atoms with Gasteiger partial charge in [-0.1, -0.05) is 23.7 Å². The van der Waals surface area contributed by atoms with Crippen molar-refractivity contribution < 1.29 is 23.7 Å². The predicted molar refractivity (Wildman–Crippen MR) is 118 cm³/mol. The summed E-state index contributed by atoms with van der Waals surface area (Å²) in [4.78, 5) is 12.8. The van der Waals surface area contributed by atoms with Gasteiger partial charge in [0.05, 0.1) is 45.8 Å². The lowest BCUT2D eigenvalue weighted by Crippen LogP contribution is -2.45. The van der Waals surface area contributed by atoms with E-state index in [0.29, 0.717) is 44.2 Å². The van der Waals surface area contributed by atoms with E-state index >= 15 is 0 Å². The summed E-state index contributed by atoms with van der Waals surface area (Å²) in [5, 5.41) is 7.13. The average molecular weight is 449 g/mol. The van der Waals surface area contributed by atoms with Gasteiger partial charge in [-0.15, -0.1) is 0 Å². The number of hydrogen-bond acceptors (Lipinski definition) is 6. The summed E-state index contributed by atoms with van der Waals surface area (Å²) < 4.78 is 21.4. The summed E-state index contributed by atoms with van der Waals surface area (Å²) in [7, 11) is 5.90. The van der Waals surface area contributed by atoms with Crippen molar-refractivity contribution in [1.29, 1.82) is 0 Å². The van der Waals surface area contributed by atoms with Crippen LogP contribution < -0.4 is 24.8 Å². The molecule has 1 aliphatic rings. The summed E-state index contributed by atoms with van der Waals surface area (Å²) in [6.45, 7) is 0. The van der Waals surface area contributed by atoms with Gasteiger partial charge in [-0.25, -0.2) is 4.79 Å². The van der Waals surface area contributed by atoms with Gasteiger partial charge in [0.15, 0.2) is 16.6 Å². The molecule has 30 heavy (non-hydrogen) atoms. The van der Waals surface area contributed by atoms with Gasteiger partial charge >= 0.3 is 5.97 Å². The van der Waals surface area contributed by atoms with E-state index in [1.165, 1.54) is 28.4 Å². The largest absolute Gasteiger partial charge is 0.493 e. The highest BCUT2D eigenvalue weighted by molar-refractivity contribution is 7.80. The van der Waals surface area contributed by atoms with Gasteiger partial charge in [0.1, 0.15) is 0 Å². The van der Waals surface area contributed by atoms with E-state index in [1.807, 2.05) is 0 Å². The monoisotopic (exact) mass is 448 g/mol. The summed E-state index contributed by atoms with van der Waals surface area (Å²) in [5.41, 5.74) is 2.30. The summed E-state index contributed by atoms with van der Waals surface area (Å²) in [6.07, 6.45) is 0. The lowest BCUT2D eigenvalue weighted by Gasteiger charge is -2.31. The Bertz CT molecular complexity index is 982. The molecule has 0 amide bonds. The number of ether oxygens (including phenoxy) is 4. The first-order valence-corrected chi connectivity index (χ1v) is 9.68. The molecule has 2 aromatic carbocycles. The second kappa shape index (κ2) is 9.23. The molecule has 1 aliphatic heterocycles. The molecule has 3 rings (SSSR count). The number of methoxy groups -OCH3 is 4. The van der Waals surface area contributed by atoms with Crippen LogP contribution in [0.2, 0.25) is 5.02 Å². The van der Waals surface area contributed by atoms with E-state index in [1.54, 1.807) is 36.4 Å². The Hall–Kier alpha value is -2.97. The van der Waals surface area contributed by atoms with Gasteiger partial charge in [0.2, 0.25) is 5.75 Å². The van der Waals surface area contributed by atoms with Crippen LogP contribution in [0.25, 0.3) is 5.70 Å². The van der Waals surface area contributed by atoms with E-state index in [4.69, 9.17) is 42.8 Å². The minimum Gasteiger partial charge on any atom is -0.493 e. The Morgan fingerprint density at radius 2 is 1.60 bits per heavy atom. The molecule has 0 unspecified atom stereocenters. The van der Waals surface area contributed by atoms with Crippen LogP contribution >= 0.6 is 23.8 Å². The van der Waals surface area contributed by atoms with Crippen molar-refractivity contribution in [3.05, 3.63) is 58.1 Å². The Balaban J connectivity index is 2.24. The van der Waals surface area contributed by atoms with Crippen molar-refractivity contribution in [2.45, 2.75) is 6.04 Å². The highest BCUT2D eigenvalue weighted by atomic mass is 35.5. The molecule has 0 aliphatic carbocycles. The molecule has 2 N–H and O–H groups in total. The summed E-state index contributed by atoms with van der Waals surface area (Å²) in [5.74, 6) is 0.841. The topological polar surface area (TPSA) is 78.1 Å². The van der Waals surface area contributed by atoms with Crippen LogP contribution in [0.4, 0.5) is 0 Å². The van der Waals surface area contributed by atoms with E-state index in [9.17, 15) is 4.79 Å². The first-order chi connectivity index (χ1) is 14.4. The van der Waals surface area contributed by atoms with Crippen molar-refractivity contribution in [1.82, 2.24) is 10.6 Å². The maximum Gasteiger partial charge on any atom is 0.338 e. The molecule has 0 saturated carbocycles. The zero-order valence-corrected chi connectivity index (χ0v) is 18.4. The summed E-state index contributed by atoms with van der Waals surface area (Å²) in [6, 6.07) is 9.97. The number of nitrogens with one attached hydrogen (secondary N) is 2. The van der Waals surface area contributed by atoms with Gasteiger partial charge in [0, 0.05) is 5.02 Å². The zero-order valence-electron chi connectivity index (χ0n) is 16.9. The molecule has 0 fully saturated rings. The SMILES string of the molecule is COC(=O)C1=C(c2ccc(Cl)cc2)NC(=S)N[C@@H]1c1cc(OC)c(OC)c(OC)c1. The fourth-order valence-corrected chi connectivity index (χ4v) is 3.60. The van der Waals surface area contributed by atoms with E-state index in [0.717, 1.165) is 5.56 Å². The third kappa shape index (κ3) is 4.15. The second-order valence-electron chi connectivity index (χ2n) is 6.28. The molecule has 158 valence electrons. The lowest BCUT2D eigenvalue weighted by atomic mass is 9.92. The van der Waals surface area contributed by atoms with E-state index in [2.05, 4.69) is 10.6 Å². The van der Waals surface area contributed by atoms with Gasteiger partial charge in [0.25, 0.3) is 0 Å². The Kier molecular flexibility index (Phi) is 6.69. The van der Waals surface area contributed by atoms with Crippen molar-refractivity contribution in [2.75, 3.05) is 28.4 Å². The zero-order chi connectivity index (χ0) is 21.8. The molecular formula is C21H21ClN2O5S. The smallest absolute Gasteiger partial charge is 0.338 e. The first-order valence-electron chi connectivity index (χ1n) is 8.89. The molecule has 2 aromatic rings. The van der Waals surface area contributed by atoms with Crippen LogP contribution in [0.15, 0.2) is 42.0 Å². The van der Waals surface area contributed by atoms with Crippen molar-refractivity contribution in [2.24, 2.45) is 0 Å². The maximum atomic E-state index is 12.8. The number of carbonyl (C=O) groups excluding carboxylic acids is 1. The van der Waals surface area contributed by atoms with Crippen molar-refractivity contribution in [3.63, 3.8) is 0 Å². The standard InChI is InChI=1S/C21H21ClN2O5S/c1-26-14-9-12(10-15(27-2)19(14)28-3)18-16(20(25)29-4)17(23-21(30)24-18)11-5-7-13(22)8-6-11/h5-10,18H,1-4H3,(H2,23,24,30)/t18-/m1/s1. The maximum absolute atomic E-state index is 12.8. The lowest BCUT2D eigenvalue weighted by molar-refractivity contribution is -0.136. The number of hydrogen-bond donors (Lipinski definition) is 2. The van der Waals surface area contributed by atoms with Crippen LogP contribution in [-0.2, 0) is 9.53 Å². The Morgan fingerprint density at radius 3 is 2.10 bits per heavy atom. The van der Waals surface area contributed by atoms with Gasteiger partial charge in [-0.3, -0.25) is 0 Å². The molecule has 0 saturated heterocycles. The minimum absolute atomic E-state index is 0.350. The molecule has 0 bridgehead atoms. The number of carbonyl (C=O) groups is 1. The number of thiocarbonyl (C=S) groups is 1. The minimum atomic E-state index is -0.620. The highest BCUT2D eigenvalue weighted by Gasteiger charge is 2.34. The van der Waals surface area contributed by atoms with Crippen LogP contribution in [0, 0.1) is 0 Å². The number of benzene rings is 2. The third-order valence-corrected chi connectivity index (χ3v) is 5.10. The number of rotatable bonds is 6. The van der Waals surface area contributed by atoms with Crippen LogP contribution in [-0.4, -0.2) is 39.5 Å². The molecule has 0 aromatic heterocycles. The van der Waals surface area contributed by atoms with E-state index < -0.39 is 12.0 Å². The number of esters is 1. The van der Waals surface area contributed by atoms with Gasteiger partial charge in [-0.05, 0) is 47.6 Å². The van der Waals surface area contributed by atoms with Crippen LogP contribution in [0.1, 0.15) is 17.2 Å². The molecule has 1 heterocycles. The fraction of sp³-hybridized carbons (Fsp3) is 0.238. The molecule has 0 radical (unpaired) electrons. The van der Waals surface area contributed by atoms with Crippen LogP contribution in [0.3, 0.4) is 0 Å². The Labute approximate surface area is 184 Å². The predicted octanol–water partition coefficient (Wildman–Crippen LogP) is 3.47. The molecule has 0 spiro atoms. The average Bonchev–Trinajstić information content (AvgIpc) is 2.77. The normalized spacial score (nSPS) is 15.8. The fourth-order valence-electron chi connectivity index (χ4n) is 3.26. The quantitative estimate of drug-likeness (QED) is 0.514. The summed E-state index contributed by atoms with van der Waals surface area (Å²) >= 11 is 11.4. The second-order valence-corrected chi connectivity index (χ2v) is 7.12.